The van der Waals surface area contributed by atoms with Crippen LogP contribution < -0.4 is 10.1 Å². The summed E-state index contributed by atoms with van der Waals surface area (Å²) in [5.41, 5.74) is 2.69. The van der Waals surface area contributed by atoms with E-state index in [0.29, 0.717) is 12.0 Å². The molecule has 1 aliphatic heterocycles. The zero-order valence-electron chi connectivity index (χ0n) is 14.7. The predicted octanol–water partition coefficient (Wildman–Crippen LogP) is 3.96. The Hall–Kier alpha value is -1.06. The van der Waals surface area contributed by atoms with Crippen LogP contribution in [-0.2, 0) is 0 Å². The van der Waals surface area contributed by atoms with E-state index < -0.39 is 0 Å². The van der Waals surface area contributed by atoms with Crippen molar-refractivity contribution < 1.29 is 4.74 Å². The van der Waals surface area contributed by atoms with Crippen LogP contribution in [0.15, 0.2) is 18.2 Å². The van der Waals surface area contributed by atoms with E-state index in [-0.39, 0.29) is 0 Å². The summed E-state index contributed by atoms with van der Waals surface area (Å²) in [6.45, 7) is 14.3. The summed E-state index contributed by atoms with van der Waals surface area (Å²) in [6, 6.07) is 7.04. The van der Waals surface area contributed by atoms with Crippen LogP contribution in [-0.4, -0.2) is 37.7 Å². The van der Waals surface area contributed by atoms with Crippen LogP contribution >= 0.6 is 0 Å². The van der Waals surface area contributed by atoms with E-state index in [0.717, 1.165) is 38.4 Å². The number of hydrogen-bond donors (Lipinski definition) is 1. The zero-order chi connectivity index (χ0) is 15.9. The Bertz CT molecular complexity index is 455. The second-order valence-electron chi connectivity index (χ2n) is 6.44. The van der Waals surface area contributed by atoms with E-state index in [1.165, 1.54) is 24.1 Å². The minimum Gasteiger partial charge on any atom is -0.493 e. The molecule has 22 heavy (non-hydrogen) atoms. The first-order valence-electron chi connectivity index (χ1n) is 8.88. The smallest absolute Gasteiger partial charge is 0.127 e. The Labute approximate surface area is 136 Å². The van der Waals surface area contributed by atoms with Crippen molar-refractivity contribution >= 4 is 0 Å². The Morgan fingerprint density at radius 2 is 2.05 bits per heavy atom. The van der Waals surface area contributed by atoms with Crippen LogP contribution in [0.2, 0.25) is 0 Å². The van der Waals surface area contributed by atoms with Gasteiger partial charge in [-0.25, -0.2) is 0 Å². The molecule has 0 aliphatic carbocycles. The molecule has 0 radical (unpaired) electrons. The summed E-state index contributed by atoms with van der Waals surface area (Å²) < 4.78 is 5.98. The zero-order valence-corrected chi connectivity index (χ0v) is 14.7. The van der Waals surface area contributed by atoms with Crippen molar-refractivity contribution in [3.63, 3.8) is 0 Å². The largest absolute Gasteiger partial charge is 0.493 e. The van der Waals surface area contributed by atoms with Crippen LogP contribution in [0.25, 0.3) is 0 Å². The first-order chi connectivity index (χ1) is 10.7. The van der Waals surface area contributed by atoms with Crippen molar-refractivity contribution in [3.05, 3.63) is 29.3 Å². The fourth-order valence-corrected chi connectivity index (χ4v) is 3.23. The molecule has 0 saturated carbocycles. The quantitative estimate of drug-likeness (QED) is 0.736. The highest BCUT2D eigenvalue weighted by Crippen LogP contribution is 2.37. The maximum absolute atomic E-state index is 5.98. The van der Waals surface area contributed by atoms with E-state index in [9.17, 15) is 0 Å². The lowest BCUT2D eigenvalue weighted by molar-refractivity contribution is 0.245. The molecule has 0 fully saturated rings. The van der Waals surface area contributed by atoms with Crippen molar-refractivity contribution in [1.82, 2.24) is 10.2 Å². The van der Waals surface area contributed by atoms with E-state index in [1.807, 2.05) is 0 Å². The molecule has 0 amide bonds. The molecule has 0 bridgehead atoms. The monoisotopic (exact) mass is 304 g/mol. The normalized spacial score (nSPS) is 17.6. The van der Waals surface area contributed by atoms with Gasteiger partial charge in [-0.1, -0.05) is 45.9 Å². The number of rotatable bonds is 8. The van der Waals surface area contributed by atoms with Gasteiger partial charge in [0.25, 0.3) is 0 Å². The topological polar surface area (TPSA) is 24.5 Å². The third-order valence-electron chi connectivity index (χ3n) is 4.66. The SMILES string of the molecule is CCN(CC)CCCNC1CCOc2c(C(C)C)cccc21. The van der Waals surface area contributed by atoms with Gasteiger partial charge in [-0.05, 0) is 44.1 Å². The summed E-state index contributed by atoms with van der Waals surface area (Å²) in [5.74, 6) is 1.64. The van der Waals surface area contributed by atoms with Crippen molar-refractivity contribution in [2.24, 2.45) is 0 Å². The number of nitrogens with one attached hydrogen (secondary N) is 1. The van der Waals surface area contributed by atoms with Crippen LogP contribution in [0.4, 0.5) is 0 Å². The van der Waals surface area contributed by atoms with Crippen molar-refractivity contribution in [2.45, 2.75) is 52.5 Å². The highest BCUT2D eigenvalue weighted by molar-refractivity contribution is 5.46. The van der Waals surface area contributed by atoms with Gasteiger partial charge in [0.05, 0.1) is 6.61 Å². The fraction of sp³-hybridized carbons (Fsp3) is 0.684. The molecule has 1 heterocycles. The van der Waals surface area contributed by atoms with Gasteiger partial charge in [-0.3, -0.25) is 0 Å². The van der Waals surface area contributed by atoms with Gasteiger partial charge < -0.3 is 15.0 Å². The maximum Gasteiger partial charge on any atom is 0.127 e. The predicted molar refractivity (Wildman–Crippen MR) is 93.8 cm³/mol. The molecule has 0 aromatic heterocycles. The molecule has 1 atom stereocenters. The molecule has 0 spiro atoms. The minimum absolute atomic E-state index is 0.444. The van der Waals surface area contributed by atoms with E-state index in [1.54, 1.807) is 0 Å². The first kappa shape index (κ1) is 17.3. The summed E-state index contributed by atoms with van der Waals surface area (Å²) in [7, 11) is 0. The minimum atomic E-state index is 0.444. The molecule has 1 N–H and O–H groups in total. The maximum atomic E-state index is 5.98. The summed E-state index contributed by atoms with van der Waals surface area (Å²) in [5, 5.41) is 3.74. The average molecular weight is 304 g/mol. The highest BCUT2D eigenvalue weighted by atomic mass is 16.5. The van der Waals surface area contributed by atoms with E-state index >= 15 is 0 Å². The van der Waals surface area contributed by atoms with Gasteiger partial charge in [0, 0.05) is 18.0 Å². The molecule has 0 saturated heterocycles. The Morgan fingerprint density at radius 1 is 1.27 bits per heavy atom. The molecule has 3 heteroatoms. The van der Waals surface area contributed by atoms with Crippen molar-refractivity contribution in [1.29, 1.82) is 0 Å². The Morgan fingerprint density at radius 3 is 2.73 bits per heavy atom. The lowest BCUT2D eigenvalue weighted by Gasteiger charge is -2.29. The molecule has 3 nitrogen and oxygen atoms in total. The summed E-state index contributed by atoms with van der Waals surface area (Å²) >= 11 is 0. The molecule has 1 aromatic carbocycles. The fourth-order valence-electron chi connectivity index (χ4n) is 3.23. The third-order valence-corrected chi connectivity index (χ3v) is 4.66. The number of ether oxygens (including phenoxy) is 1. The second kappa shape index (κ2) is 8.54. The molecular weight excluding hydrogens is 272 g/mol. The third kappa shape index (κ3) is 4.23. The van der Waals surface area contributed by atoms with Gasteiger partial charge in [0.1, 0.15) is 5.75 Å². The van der Waals surface area contributed by atoms with Gasteiger partial charge in [-0.2, -0.15) is 0 Å². The van der Waals surface area contributed by atoms with Gasteiger partial charge >= 0.3 is 0 Å². The van der Waals surface area contributed by atoms with Crippen LogP contribution in [0, 0.1) is 0 Å². The Kier molecular flexibility index (Phi) is 6.71. The number of hydrogen-bond acceptors (Lipinski definition) is 3. The molecule has 1 aromatic rings. The van der Waals surface area contributed by atoms with Crippen molar-refractivity contribution in [2.75, 3.05) is 32.8 Å². The lowest BCUT2D eigenvalue weighted by atomic mass is 9.93. The standard InChI is InChI=1S/C19H32N2O/c1-5-21(6-2)13-8-12-20-18-11-14-22-19-16(15(3)4)9-7-10-17(18)19/h7,9-10,15,18,20H,5-6,8,11-14H2,1-4H3. The van der Waals surface area contributed by atoms with Crippen LogP contribution in [0.5, 0.6) is 5.75 Å². The summed E-state index contributed by atoms with van der Waals surface area (Å²) in [6.07, 6.45) is 2.28. The highest BCUT2D eigenvalue weighted by Gasteiger charge is 2.23. The van der Waals surface area contributed by atoms with E-state index in [4.69, 9.17) is 4.74 Å². The van der Waals surface area contributed by atoms with E-state index in [2.05, 4.69) is 56.1 Å². The number of para-hydroxylation sites is 1. The number of benzene rings is 1. The number of nitrogens with zero attached hydrogens (tertiary/aromatic N) is 1. The average Bonchev–Trinajstić information content (AvgIpc) is 2.54. The lowest BCUT2D eigenvalue weighted by Crippen LogP contribution is -2.31. The molecule has 1 unspecified atom stereocenters. The van der Waals surface area contributed by atoms with Crippen LogP contribution in [0.3, 0.4) is 0 Å². The first-order valence-corrected chi connectivity index (χ1v) is 8.88. The van der Waals surface area contributed by atoms with Crippen molar-refractivity contribution in [3.8, 4) is 5.75 Å². The Balaban J connectivity index is 1.94. The molecule has 124 valence electrons. The number of fused-ring (bicyclic) bond motifs is 1. The molecular formula is C19H32N2O. The van der Waals surface area contributed by atoms with Gasteiger partial charge in [0.2, 0.25) is 0 Å². The van der Waals surface area contributed by atoms with Gasteiger partial charge in [0.15, 0.2) is 0 Å². The van der Waals surface area contributed by atoms with Gasteiger partial charge in [-0.15, -0.1) is 0 Å². The molecule has 2 rings (SSSR count). The summed E-state index contributed by atoms with van der Waals surface area (Å²) in [4.78, 5) is 2.48. The second-order valence-corrected chi connectivity index (χ2v) is 6.44. The molecule has 1 aliphatic rings. The van der Waals surface area contributed by atoms with Crippen LogP contribution in [0.1, 0.15) is 63.6 Å².